The first-order valence-electron chi connectivity index (χ1n) is 3.94. The van der Waals surface area contributed by atoms with Crippen LogP contribution in [0.2, 0.25) is 0 Å². The van der Waals surface area contributed by atoms with E-state index in [9.17, 15) is 13.2 Å². The fraction of sp³-hybridized carbons (Fsp3) is 0.333. The molecular formula is C9H10FO2S-. The molecule has 1 rings (SSSR count). The first-order chi connectivity index (χ1) is 6.25. The average molecular weight is 201 g/mol. The van der Waals surface area contributed by atoms with Crippen LogP contribution in [0.4, 0.5) is 4.39 Å². The molecule has 0 aliphatic heterocycles. The normalized spacial score (nSPS) is 15.2. The molecule has 0 radical (unpaired) electrons. The lowest BCUT2D eigenvalue weighted by Crippen LogP contribution is -2.06. The molecule has 0 aromatic heterocycles. The average Bonchev–Trinajstić information content (AvgIpc) is 2.15. The maximum absolute atomic E-state index is 12.0. The molecule has 2 nitrogen and oxygen atoms in total. The van der Waals surface area contributed by atoms with Crippen molar-refractivity contribution < 1.29 is 13.2 Å². The number of hydrogen-bond donors (Lipinski definition) is 0. The van der Waals surface area contributed by atoms with E-state index in [1.165, 1.54) is 0 Å². The van der Waals surface area contributed by atoms with Crippen LogP contribution in [0, 0.1) is 0 Å². The SMILES string of the molecule is O=S([O-])C(CCF)c1ccccc1. The van der Waals surface area contributed by atoms with Crippen molar-refractivity contribution in [2.45, 2.75) is 11.7 Å². The van der Waals surface area contributed by atoms with Gasteiger partial charge >= 0.3 is 0 Å². The van der Waals surface area contributed by atoms with Crippen molar-refractivity contribution in [1.82, 2.24) is 0 Å². The van der Waals surface area contributed by atoms with Gasteiger partial charge in [-0.3, -0.25) is 8.60 Å². The molecule has 13 heavy (non-hydrogen) atoms. The Balaban J connectivity index is 2.82. The van der Waals surface area contributed by atoms with Gasteiger partial charge in [0, 0.05) is 5.25 Å². The van der Waals surface area contributed by atoms with E-state index in [1.54, 1.807) is 30.3 Å². The van der Waals surface area contributed by atoms with Crippen molar-refractivity contribution >= 4 is 11.1 Å². The molecule has 0 N–H and O–H groups in total. The van der Waals surface area contributed by atoms with Crippen LogP contribution in [0.25, 0.3) is 0 Å². The summed E-state index contributed by atoms with van der Waals surface area (Å²) < 4.78 is 33.5. The Bertz CT molecular complexity index is 276. The largest absolute Gasteiger partial charge is 0.772 e. The van der Waals surface area contributed by atoms with Crippen molar-refractivity contribution in [2.24, 2.45) is 0 Å². The van der Waals surface area contributed by atoms with E-state index in [1.807, 2.05) is 0 Å². The van der Waals surface area contributed by atoms with Crippen LogP contribution in [0.1, 0.15) is 17.2 Å². The summed E-state index contributed by atoms with van der Waals surface area (Å²) in [7, 11) is 0. The Morgan fingerprint density at radius 1 is 1.38 bits per heavy atom. The fourth-order valence-corrected chi connectivity index (χ4v) is 1.80. The molecule has 0 saturated heterocycles. The standard InChI is InChI=1S/C9H11FO2S/c10-7-6-9(13(11)12)8-4-2-1-3-5-8/h1-5,9H,6-7H2,(H,11,12)/p-1. The molecule has 0 aliphatic rings. The van der Waals surface area contributed by atoms with Gasteiger partial charge < -0.3 is 4.55 Å². The third-order valence-electron chi connectivity index (χ3n) is 1.77. The highest BCUT2D eigenvalue weighted by Gasteiger charge is 2.10. The van der Waals surface area contributed by atoms with Gasteiger partial charge in [0.25, 0.3) is 0 Å². The van der Waals surface area contributed by atoms with Crippen LogP contribution in [-0.2, 0) is 11.1 Å². The quantitative estimate of drug-likeness (QED) is 0.699. The van der Waals surface area contributed by atoms with Gasteiger partial charge in [-0.1, -0.05) is 30.3 Å². The second-order valence-corrected chi connectivity index (χ2v) is 3.73. The van der Waals surface area contributed by atoms with Crippen LogP contribution >= 0.6 is 0 Å². The number of benzene rings is 1. The van der Waals surface area contributed by atoms with Crippen molar-refractivity contribution in [2.75, 3.05) is 6.67 Å². The Kier molecular flexibility index (Phi) is 4.05. The molecule has 0 amide bonds. The van der Waals surface area contributed by atoms with E-state index >= 15 is 0 Å². The minimum atomic E-state index is -2.24. The summed E-state index contributed by atoms with van der Waals surface area (Å²) in [4.78, 5) is 0. The molecule has 2 atom stereocenters. The maximum Gasteiger partial charge on any atom is 0.0908 e. The van der Waals surface area contributed by atoms with Crippen molar-refractivity contribution in [3.05, 3.63) is 35.9 Å². The van der Waals surface area contributed by atoms with Gasteiger partial charge in [0.15, 0.2) is 0 Å². The molecule has 0 spiro atoms. The first-order valence-corrected chi connectivity index (χ1v) is 5.08. The van der Waals surface area contributed by atoms with Crippen molar-refractivity contribution in [3.63, 3.8) is 0 Å². The smallest absolute Gasteiger partial charge is 0.0908 e. The van der Waals surface area contributed by atoms with Gasteiger partial charge in [-0.05, 0) is 23.1 Å². The Labute approximate surface area is 79.1 Å². The second kappa shape index (κ2) is 5.09. The van der Waals surface area contributed by atoms with Gasteiger partial charge in [0.2, 0.25) is 0 Å². The highest BCUT2D eigenvalue weighted by atomic mass is 32.2. The van der Waals surface area contributed by atoms with Gasteiger partial charge in [-0.2, -0.15) is 0 Å². The van der Waals surface area contributed by atoms with Crippen LogP contribution in [0.3, 0.4) is 0 Å². The number of hydrogen-bond acceptors (Lipinski definition) is 2. The third kappa shape index (κ3) is 2.90. The topological polar surface area (TPSA) is 40.1 Å². The summed E-state index contributed by atoms with van der Waals surface area (Å²) in [5.41, 5.74) is 0.647. The number of alkyl halides is 1. The van der Waals surface area contributed by atoms with Crippen LogP contribution in [0.5, 0.6) is 0 Å². The molecule has 0 bridgehead atoms. The molecule has 72 valence electrons. The van der Waals surface area contributed by atoms with Gasteiger partial charge in [-0.15, -0.1) is 0 Å². The Morgan fingerprint density at radius 2 is 2.00 bits per heavy atom. The zero-order chi connectivity index (χ0) is 9.68. The van der Waals surface area contributed by atoms with Crippen LogP contribution < -0.4 is 0 Å². The summed E-state index contributed by atoms with van der Waals surface area (Å²) in [5, 5.41) is -0.716. The summed E-state index contributed by atoms with van der Waals surface area (Å²) in [6, 6.07) is 8.66. The zero-order valence-corrected chi connectivity index (χ0v) is 7.80. The first kappa shape index (κ1) is 10.3. The van der Waals surface area contributed by atoms with Gasteiger partial charge in [0.1, 0.15) is 0 Å². The third-order valence-corrected chi connectivity index (χ3v) is 2.75. The summed E-state index contributed by atoms with van der Waals surface area (Å²) in [6.07, 6.45) is 0.0279. The second-order valence-electron chi connectivity index (χ2n) is 2.64. The summed E-state index contributed by atoms with van der Waals surface area (Å²) in [6.45, 7) is -0.618. The predicted octanol–water partition coefficient (Wildman–Crippen LogP) is 1.97. The predicted molar refractivity (Wildman–Crippen MR) is 48.7 cm³/mol. The lowest BCUT2D eigenvalue weighted by atomic mass is 10.1. The molecular weight excluding hydrogens is 191 g/mol. The van der Waals surface area contributed by atoms with E-state index in [0.717, 1.165) is 0 Å². The molecule has 0 saturated carbocycles. The van der Waals surface area contributed by atoms with E-state index in [4.69, 9.17) is 0 Å². The summed E-state index contributed by atoms with van der Waals surface area (Å²) in [5.74, 6) is 0. The van der Waals surface area contributed by atoms with Crippen molar-refractivity contribution in [3.8, 4) is 0 Å². The lowest BCUT2D eigenvalue weighted by Gasteiger charge is -2.18. The lowest BCUT2D eigenvalue weighted by molar-refractivity contribution is 0.452. The molecule has 0 fully saturated rings. The highest BCUT2D eigenvalue weighted by molar-refractivity contribution is 7.79. The van der Waals surface area contributed by atoms with E-state index in [-0.39, 0.29) is 6.42 Å². The summed E-state index contributed by atoms with van der Waals surface area (Å²) >= 11 is -2.24. The molecule has 0 aliphatic carbocycles. The van der Waals surface area contributed by atoms with Gasteiger partial charge in [-0.25, -0.2) is 0 Å². The van der Waals surface area contributed by atoms with Crippen LogP contribution in [-0.4, -0.2) is 15.4 Å². The number of halogens is 1. The fourth-order valence-electron chi connectivity index (χ4n) is 1.14. The Hall–Kier alpha value is -0.740. The highest BCUT2D eigenvalue weighted by Crippen LogP contribution is 2.21. The molecule has 2 unspecified atom stereocenters. The maximum atomic E-state index is 12.0. The van der Waals surface area contributed by atoms with E-state index in [2.05, 4.69) is 0 Å². The van der Waals surface area contributed by atoms with Crippen molar-refractivity contribution in [1.29, 1.82) is 0 Å². The molecule has 1 aromatic rings. The van der Waals surface area contributed by atoms with Gasteiger partial charge in [0.05, 0.1) is 6.67 Å². The molecule has 1 aromatic carbocycles. The zero-order valence-electron chi connectivity index (χ0n) is 6.98. The number of rotatable bonds is 4. The monoisotopic (exact) mass is 201 g/mol. The van der Waals surface area contributed by atoms with E-state index in [0.29, 0.717) is 5.56 Å². The Morgan fingerprint density at radius 3 is 2.46 bits per heavy atom. The van der Waals surface area contributed by atoms with E-state index < -0.39 is 23.0 Å². The van der Waals surface area contributed by atoms with Crippen LogP contribution in [0.15, 0.2) is 30.3 Å². The minimum Gasteiger partial charge on any atom is -0.772 e. The minimum absolute atomic E-state index is 0.0279. The molecule has 0 heterocycles. The molecule has 4 heteroatoms.